The molecular formula is C23H24FN3O3S. The number of unbranched alkanes of at least 4 members (excludes halogenated alkanes) is 1. The van der Waals surface area contributed by atoms with E-state index in [1.807, 2.05) is 17.0 Å². The molecule has 2 heterocycles. The Hall–Kier alpha value is -3.13. The van der Waals surface area contributed by atoms with Gasteiger partial charge in [0.1, 0.15) is 5.82 Å². The summed E-state index contributed by atoms with van der Waals surface area (Å²) in [7, 11) is 0. The fourth-order valence-electron chi connectivity index (χ4n) is 3.46. The Kier molecular flexibility index (Phi) is 6.36. The van der Waals surface area contributed by atoms with E-state index >= 15 is 0 Å². The minimum atomic E-state index is -0.288. The van der Waals surface area contributed by atoms with Crippen LogP contribution >= 0.6 is 12.2 Å². The summed E-state index contributed by atoms with van der Waals surface area (Å²) < 4.78 is 24.2. The number of hydrogen-bond donors (Lipinski definition) is 2. The summed E-state index contributed by atoms with van der Waals surface area (Å²) in [6, 6.07) is 11.8. The Morgan fingerprint density at radius 2 is 1.90 bits per heavy atom. The van der Waals surface area contributed by atoms with E-state index < -0.39 is 0 Å². The highest BCUT2D eigenvalue weighted by Crippen LogP contribution is 2.35. The molecule has 1 aromatic heterocycles. The standard InChI is InChI=1S/C23H24FN3O3S/c1-2-3-8-25-23(31)27(12-15-4-6-18(24)7-5-15)13-17-9-16-10-20-21(30-14-29-20)11-19(16)26-22(17)28/h4-7,9-11H,2-3,8,12-14H2,1H3,(H,25,31)(H,26,28). The molecule has 162 valence electrons. The second kappa shape index (κ2) is 9.34. The number of aromatic nitrogens is 1. The first-order chi connectivity index (χ1) is 15.0. The Balaban J connectivity index is 1.61. The van der Waals surface area contributed by atoms with Crippen molar-refractivity contribution in [1.82, 2.24) is 15.2 Å². The molecule has 0 atom stereocenters. The summed E-state index contributed by atoms with van der Waals surface area (Å²) in [5, 5.41) is 4.67. The molecule has 31 heavy (non-hydrogen) atoms. The molecule has 0 radical (unpaired) electrons. The van der Waals surface area contributed by atoms with E-state index in [2.05, 4.69) is 17.2 Å². The Labute approximate surface area is 185 Å². The number of thiocarbonyl (C=S) groups is 1. The average Bonchev–Trinajstić information content (AvgIpc) is 3.21. The molecule has 0 saturated carbocycles. The van der Waals surface area contributed by atoms with Crippen molar-refractivity contribution in [2.75, 3.05) is 13.3 Å². The SMILES string of the molecule is CCCCNC(=S)N(Cc1ccc(F)cc1)Cc1cc2cc3c(cc2[nH]c1=O)OCO3. The number of nitrogens with one attached hydrogen (secondary N) is 2. The number of halogens is 1. The molecule has 8 heteroatoms. The van der Waals surface area contributed by atoms with Crippen LogP contribution in [0.25, 0.3) is 10.9 Å². The predicted molar refractivity (Wildman–Crippen MR) is 122 cm³/mol. The van der Waals surface area contributed by atoms with Gasteiger partial charge >= 0.3 is 0 Å². The molecule has 0 amide bonds. The van der Waals surface area contributed by atoms with Crippen LogP contribution in [-0.2, 0) is 13.1 Å². The van der Waals surface area contributed by atoms with Crippen LogP contribution in [0.4, 0.5) is 4.39 Å². The maximum absolute atomic E-state index is 13.3. The van der Waals surface area contributed by atoms with Crippen molar-refractivity contribution in [2.45, 2.75) is 32.9 Å². The third-order valence-corrected chi connectivity index (χ3v) is 5.56. The van der Waals surface area contributed by atoms with Gasteiger partial charge < -0.3 is 24.7 Å². The van der Waals surface area contributed by atoms with Crippen molar-refractivity contribution in [3.05, 3.63) is 69.8 Å². The smallest absolute Gasteiger partial charge is 0.253 e. The van der Waals surface area contributed by atoms with Crippen LogP contribution in [0.1, 0.15) is 30.9 Å². The summed E-state index contributed by atoms with van der Waals surface area (Å²) in [5.74, 6) is 0.990. The van der Waals surface area contributed by atoms with Crippen molar-refractivity contribution >= 4 is 28.2 Å². The zero-order valence-corrected chi connectivity index (χ0v) is 18.1. The topological polar surface area (TPSA) is 66.6 Å². The number of hydrogen-bond acceptors (Lipinski definition) is 4. The molecule has 0 aliphatic carbocycles. The van der Waals surface area contributed by atoms with E-state index in [9.17, 15) is 9.18 Å². The van der Waals surface area contributed by atoms with Gasteiger partial charge in [-0.3, -0.25) is 4.79 Å². The quantitative estimate of drug-likeness (QED) is 0.426. The fourth-order valence-corrected chi connectivity index (χ4v) is 3.69. The van der Waals surface area contributed by atoms with Gasteiger partial charge in [-0.2, -0.15) is 0 Å². The number of nitrogens with zero attached hydrogens (tertiary/aromatic N) is 1. The molecular weight excluding hydrogens is 417 g/mol. The van der Waals surface area contributed by atoms with E-state index in [1.54, 1.807) is 18.2 Å². The van der Waals surface area contributed by atoms with E-state index in [0.717, 1.165) is 30.3 Å². The van der Waals surface area contributed by atoms with E-state index in [4.69, 9.17) is 21.7 Å². The van der Waals surface area contributed by atoms with Crippen molar-refractivity contribution in [3.8, 4) is 11.5 Å². The molecule has 0 spiro atoms. The summed E-state index contributed by atoms with van der Waals surface area (Å²) >= 11 is 5.61. The lowest BCUT2D eigenvalue weighted by Crippen LogP contribution is -2.40. The monoisotopic (exact) mass is 441 g/mol. The van der Waals surface area contributed by atoms with Gasteiger partial charge in [0.2, 0.25) is 6.79 Å². The lowest BCUT2D eigenvalue weighted by Gasteiger charge is -2.26. The van der Waals surface area contributed by atoms with Crippen molar-refractivity contribution < 1.29 is 13.9 Å². The zero-order valence-electron chi connectivity index (χ0n) is 17.2. The van der Waals surface area contributed by atoms with E-state index in [0.29, 0.717) is 40.8 Å². The first-order valence-corrected chi connectivity index (χ1v) is 10.7. The third kappa shape index (κ3) is 4.96. The van der Waals surface area contributed by atoms with Gasteiger partial charge in [-0.1, -0.05) is 25.5 Å². The van der Waals surface area contributed by atoms with Gasteiger partial charge in [-0.05, 0) is 48.5 Å². The maximum Gasteiger partial charge on any atom is 0.253 e. The first-order valence-electron chi connectivity index (χ1n) is 10.3. The number of ether oxygens (including phenoxy) is 2. The van der Waals surface area contributed by atoms with Crippen LogP contribution in [0.15, 0.2) is 47.3 Å². The third-order valence-electron chi connectivity index (χ3n) is 5.16. The van der Waals surface area contributed by atoms with Gasteiger partial charge in [0.05, 0.1) is 12.1 Å². The van der Waals surface area contributed by atoms with Crippen LogP contribution in [0.2, 0.25) is 0 Å². The zero-order chi connectivity index (χ0) is 21.8. The lowest BCUT2D eigenvalue weighted by molar-refractivity contribution is 0.174. The highest BCUT2D eigenvalue weighted by Gasteiger charge is 2.17. The van der Waals surface area contributed by atoms with Gasteiger partial charge in [0.15, 0.2) is 16.6 Å². The van der Waals surface area contributed by atoms with Crippen LogP contribution in [0.3, 0.4) is 0 Å². The van der Waals surface area contributed by atoms with Gasteiger partial charge in [0, 0.05) is 30.1 Å². The highest BCUT2D eigenvalue weighted by atomic mass is 32.1. The summed E-state index contributed by atoms with van der Waals surface area (Å²) in [6.45, 7) is 3.81. The number of fused-ring (bicyclic) bond motifs is 2. The highest BCUT2D eigenvalue weighted by molar-refractivity contribution is 7.80. The van der Waals surface area contributed by atoms with Crippen molar-refractivity contribution in [1.29, 1.82) is 0 Å². The number of pyridine rings is 1. The molecule has 0 saturated heterocycles. The molecule has 6 nitrogen and oxygen atoms in total. The number of aromatic amines is 1. The Morgan fingerprint density at radius 1 is 1.16 bits per heavy atom. The number of H-pyrrole nitrogens is 1. The fraction of sp³-hybridized carbons (Fsp3) is 0.304. The minimum absolute atomic E-state index is 0.173. The first kappa shape index (κ1) is 21.1. The molecule has 1 aliphatic heterocycles. The Morgan fingerprint density at radius 3 is 2.65 bits per heavy atom. The predicted octanol–water partition coefficient (Wildman–Crippen LogP) is 4.07. The molecule has 0 fully saturated rings. The normalized spacial score (nSPS) is 12.2. The molecule has 2 aromatic carbocycles. The average molecular weight is 442 g/mol. The largest absolute Gasteiger partial charge is 0.454 e. The maximum atomic E-state index is 13.3. The summed E-state index contributed by atoms with van der Waals surface area (Å²) in [6.07, 6.45) is 2.04. The van der Waals surface area contributed by atoms with Gasteiger partial charge in [-0.25, -0.2) is 4.39 Å². The molecule has 3 aromatic rings. The van der Waals surface area contributed by atoms with E-state index in [-0.39, 0.29) is 18.2 Å². The van der Waals surface area contributed by atoms with E-state index in [1.165, 1.54) is 12.1 Å². The van der Waals surface area contributed by atoms with Crippen LogP contribution in [0, 0.1) is 5.82 Å². The van der Waals surface area contributed by atoms with Gasteiger partial charge in [-0.15, -0.1) is 0 Å². The second-order valence-electron chi connectivity index (χ2n) is 7.48. The molecule has 1 aliphatic rings. The number of benzene rings is 2. The lowest BCUT2D eigenvalue weighted by atomic mass is 10.1. The van der Waals surface area contributed by atoms with Crippen LogP contribution in [0.5, 0.6) is 11.5 Å². The Bertz CT molecular complexity index is 1150. The van der Waals surface area contributed by atoms with Crippen LogP contribution < -0.4 is 20.3 Å². The minimum Gasteiger partial charge on any atom is -0.454 e. The number of rotatable bonds is 7. The van der Waals surface area contributed by atoms with Gasteiger partial charge in [0.25, 0.3) is 5.56 Å². The van der Waals surface area contributed by atoms with Crippen molar-refractivity contribution in [2.24, 2.45) is 0 Å². The molecule has 4 rings (SSSR count). The molecule has 2 N–H and O–H groups in total. The van der Waals surface area contributed by atoms with Crippen LogP contribution in [-0.4, -0.2) is 28.3 Å². The summed E-state index contributed by atoms with van der Waals surface area (Å²) in [4.78, 5) is 17.6. The summed E-state index contributed by atoms with van der Waals surface area (Å²) in [5.41, 5.74) is 1.98. The van der Waals surface area contributed by atoms with Crippen molar-refractivity contribution in [3.63, 3.8) is 0 Å². The second-order valence-corrected chi connectivity index (χ2v) is 7.87. The molecule has 0 unspecified atom stereocenters. The molecule has 0 bridgehead atoms.